The summed E-state index contributed by atoms with van der Waals surface area (Å²) in [5.74, 6) is -0.652. The molecule has 0 bridgehead atoms. The highest BCUT2D eigenvalue weighted by molar-refractivity contribution is 7.92. The fourth-order valence-corrected chi connectivity index (χ4v) is 5.36. The summed E-state index contributed by atoms with van der Waals surface area (Å²) < 4.78 is 53.3. The summed E-state index contributed by atoms with van der Waals surface area (Å²) in [5, 5.41) is 3.02. The fourth-order valence-electron chi connectivity index (χ4n) is 3.28. The Morgan fingerprint density at radius 2 is 1.54 bits per heavy atom. The number of nitrogens with one attached hydrogen (secondary N) is 2. The summed E-state index contributed by atoms with van der Waals surface area (Å²) in [6.07, 6.45) is 1.00. The minimum atomic E-state index is -3.96. The number of amides is 1. The number of nitrogens with zero attached hydrogens (tertiary/aromatic N) is 3. The maximum atomic E-state index is 12.7. The Balaban J connectivity index is 1.74. The van der Waals surface area contributed by atoms with Crippen LogP contribution in [0.1, 0.15) is 17.0 Å². The van der Waals surface area contributed by atoms with Crippen LogP contribution < -0.4 is 14.3 Å². The van der Waals surface area contributed by atoms with Gasteiger partial charge in [0.15, 0.2) is 0 Å². The van der Waals surface area contributed by atoms with E-state index in [-0.39, 0.29) is 16.5 Å². The quantitative estimate of drug-likeness (QED) is 0.449. The van der Waals surface area contributed by atoms with Crippen LogP contribution in [0, 0.1) is 20.8 Å². The van der Waals surface area contributed by atoms with Gasteiger partial charge in [-0.3, -0.25) is 9.10 Å². The van der Waals surface area contributed by atoms with E-state index < -0.39 is 32.5 Å². The van der Waals surface area contributed by atoms with Crippen LogP contribution in [0.5, 0.6) is 0 Å². The molecule has 1 aromatic heterocycles. The van der Waals surface area contributed by atoms with E-state index in [1.165, 1.54) is 36.4 Å². The van der Waals surface area contributed by atoms with Crippen LogP contribution in [0.4, 0.5) is 17.3 Å². The molecule has 1 amide bonds. The highest BCUT2D eigenvalue weighted by atomic mass is 35.5. The minimum absolute atomic E-state index is 0.0433. The minimum Gasteiger partial charge on any atom is -0.325 e. The number of halogens is 1. The average Bonchev–Trinajstić information content (AvgIpc) is 2.71. The first-order valence-corrected chi connectivity index (χ1v) is 13.9. The van der Waals surface area contributed by atoms with Gasteiger partial charge in [0.1, 0.15) is 6.54 Å². The van der Waals surface area contributed by atoms with Gasteiger partial charge in [0, 0.05) is 22.1 Å². The highest BCUT2D eigenvalue weighted by Crippen LogP contribution is 2.25. The lowest BCUT2D eigenvalue weighted by Gasteiger charge is -2.23. The normalized spacial score (nSPS) is 11.7. The van der Waals surface area contributed by atoms with E-state index >= 15 is 0 Å². The Morgan fingerprint density at radius 1 is 0.943 bits per heavy atom. The third-order valence-electron chi connectivity index (χ3n) is 4.77. The van der Waals surface area contributed by atoms with Crippen molar-refractivity contribution in [3.8, 4) is 0 Å². The van der Waals surface area contributed by atoms with Gasteiger partial charge < -0.3 is 5.32 Å². The largest absolute Gasteiger partial charge is 0.325 e. The summed E-state index contributed by atoms with van der Waals surface area (Å²) in [4.78, 5) is 20.7. The summed E-state index contributed by atoms with van der Waals surface area (Å²) >= 11 is 5.95. The number of carbonyl (C=O) groups excluding carboxylic acids is 1. The van der Waals surface area contributed by atoms with Gasteiger partial charge in [-0.25, -0.2) is 31.5 Å². The second kappa shape index (κ2) is 10.2. The Hall–Kier alpha value is -3.22. The standard InChI is InChI=1S/C22H24ClN5O5S2/c1-14-11-17(23)5-10-20(14)28(34(4,30)31)13-21(29)26-18-6-8-19(9-7-18)35(32,33)27-22-24-15(2)12-16(3)25-22/h5-12H,13H2,1-4H3,(H,26,29)(H,24,25,27). The zero-order valence-electron chi connectivity index (χ0n) is 19.4. The molecule has 2 N–H and O–H groups in total. The van der Waals surface area contributed by atoms with Gasteiger partial charge in [-0.1, -0.05) is 11.6 Å². The van der Waals surface area contributed by atoms with Crippen LogP contribution >= 0.6 is 11.6 Å². The summed E-state index contributed by atoms with van der Waals surface area (Å²) in [6.45, 7) is 4.66. The molecule has 0 radical (unpaired) electrons. The maximum Gasteiger partial charge on any atom is 0.264 e. The molecule has 0 aliphatic rings. The predicted octanol–water partition coefficient (Wildman–Crippen LogP) is 3.26. The number of hydrogen-bond donors (Lipinski definition) is 2. The van der Waals surface area contributed by atoms with Crippen LogP contribution in [-0.2, 0) is 24.8 Å². The summed E-state index contributed by atoms with van der Waals surface area (Å²) in [6, 6.07) is 11.8. The van der Waals surface area contributed by atoms with Crippen LogP contribution in [0.15, 0.2) is 53.4 Å². The first-order chi connectivity index (χ1) is 16.2. The van der Waals surface area contributed by atoms with Gasteiger partial charge in [-0.2, -0.15) is 0 Å². The molecular weight excluding hydrogens is 514 g/mol. The second-order valence-electron chi connectivity index (χ2n) is 7.85. The first-order valence-electron chi connectivity index (χ1n) is 10.2. The molecule has 0 unspecified atom stereocenters. The average molecular weight is 538 g/mol. The van der Waals surface area contributed by atoms with Crippen molar-refractivity contribution in [1.29, 1.82) is 0 Å². The molecule has 10 nitrogen and oxygen atoms in total. The van der Waals surface area contributed by atoms with Crippen molar-refractivity contribution in [2.24, 2.45) is 0 Å². The molecular formula is C22H24ClN5O5S2. The maximum absolute atomic E-state index is 12.7. The Kier molecular flexibility index (Phi) is 7.68. The van der Waals surface area contributed by atoms with Crippen molar-refractivity contribution in [3.63, 3.8) is 0 Å². The lowest BCUT2D eigenvalue weighted by molar-refractivity contribution is -0.114. The number of anilines is 3. The molecule has 3 aromatic rings. The SMILES string of the molecule is Cc1cc(C)nc(NS(=O)(=O)c2ccc(NC(=O)CN(c3ccc(Cl)cc3C)S(C)(=O)=O)cc2)n1. The topological polar surface area (TPSA) is 138 Å². The highest BCUT2D eigenvalue weighted by Gasteiger charge is 2.23. The Labute approximate surface area is 209 Å². The Morgan fingerprint density at radius 3 is 2.09 bits per heavy atom. The van der Waals surface area contributed by atoms with Crippen molar-refractivity contribution in [1.82, 2.24) is 9.97 Å². The molecule has 0 saturated carbocycles. The monoisotopic (exact) mass is 537 g/mol. The molecule has 2 aromatic carbocycles. The van der Waals surface area contributed by atoms with Gasteiger partial charge in [-0.15, -0.1) is 0 Å². The van der Waals surface area contributed by atoms with Crippen molar-refractivity contribution in [3.05, 3.63) is 70.5 Å². The molecule has 0 spiro atoms. The molecule has 1 heterocycles. The summed E-state index contributed by atoms with van der Waals surface area (Å²) in [7, 11) is -7.73. The molecule has 186 valence electrons. The molecule has 0 fully saturated rings. The van der Waals surface area contributed by atoms with E-state index in [1.54, 1.807) is 32.9 Å². The fraction of sp³-hybridized carbons (Fsp3) is 0.227. The molecule has 0 saturated heterocycles. The van der Waals surface area contributed by atoms with Crippen molar-refractivity contribution in [2.75, 3.05) is 27.1 Å². The predicted molar refractivity (Wildman–Crippen MR) is 136 cm³/mol. The smallest absolute Gasteiger partial charge is 0.264 e. The number of aromatic nitrogens is 2. The van der Waals surface area contributed by atoms with E-state index in [1.807, 2.05) is 0 Å². The van der Waals surface area contributed by atoms with E-state index in [0.29, 0.717) is 27.7 Å². The van der Waals surface area contributed by atoms with Gasteiger partial charge >= 0.3 is 0 Å². The van der Waals surface area contributed by atoms with E-state index in [9.17, 15) is 21.6 Å². The van der Waals surface area contributed by atoms with Gasteiger partial charge in [0.05, 0.1) is 16.8 Å². The van der Waals surface area contributed by atoms with Crippen LogP contribution in [-0.4, -0.2) is 45.5 Å². The first kappa shape index (κ1) is 26.4. The molecule has 0 aliphatic carbocycles. The second-order valence-corrected chi connectivity index (χ2v) is 11.9. The van der Waals surface area contributed by atoms with Crippen molar-refractivity contribution in [2.45, 2.75) is 25.7 Å². The molecule has 3 rings (SSSR count). The van der Waals surface area contributed by atoms with Gasteiger partial charge in [0.2, 0.25) is 21.9 Å². The lowest BCUT2D eigenvalue weighted by atomic mass is 10.2. The van der Waals surface area contributed by atoms with Crippen LogP contribution in [0.3, 0.4) is 0 Å². The molecule has 13 heteroatoms. The summed E-state index contributed by atoms with van der Waals surface area (Å²) in [5.41, 5.74) is 2.44. The number of aryl methyl sites for hydroxylation is 3. The van der Waals surface area contributed by atoms with Crippen molar-refractivity contribution >= 4 is 54.9 Å². The van der Waals surface area contributed by atoms with E-state index in [4.69, 9.17) is 11.6 Å². The number of benzene rings is 2. The zero-order chi connectivity index (χ0) is 26.0. The van der Waals surface area contributed by atoms with Crippen molar-refractivity contribution < 1.29 is 21.6 Å². The van der Waals surface area contributed by atoms with E-state index in [2.05, 4.69) is 20.0 Å². The molecule has 0 atom stereocenters. The number of hydrogen-bond acceptors (Lipinski definition) is 7. The lowest BCUT2D eigenvalue weighted by Crippen LogP contribution is -2.37. The van der Waals surface area contributed by atoms with Gasteiger partial charge in [-0.05, 0) is 74.9 Å². The van der Waals surface area contributed by atoms with E-state index in [0.717, 1.165) is 10.6 Å². The van der Waals surface area contributed by atoms with Crippen LogP contribution in [0.25, 0.3) is 0 Å². The molecule has 35 heavy (non-hydrogen) atoms. The number of carbonyl (C=O) groups is 1. The number of sulfonamides is 2. The third-order valence-corrected chi connectivity index (χ3v) is 7.48. The van der Waals surface area contributed by atoms with Gasteiger partial charge in [0.25, 0.3) is 10.0 Å². The number of rotatable bonds is 8. The zero-order valence-corrected chi connectivity index (χ0v) is 21.8. The Bertz CT molecular complexity index is 1460. The third kappa shape index (κ3) is 6.90. The van der Waals surface area contributed by atoms with Crippen LogP contribution in [0.2, 0.25) is 5.02 Å². The molecule has 0 aliphatic heterocycles.